The second kappa shape index (κ2) is 6.91. The zero-order valence-corrected chi connectivity index (χ0v) is 13.8. The van der Waals surface area contributed by atoms with Crippen molar-refractivity contribution >= 4 is 21.4 Å². The zero-order chi connectivity index (χ0) is 17.0. The van der Waals surface area contributed by atoms with Gasteiger partial charge in [0.1, 0.15) is 5.82 Å². The number of benzene rings is 2. The number of carbonyl (C=O) groups is 1. The van der Waals surface area contributed by atoms with Gasteiger partial charge >= 0.3 is 0 Å². The van der Waals surface area contributed by atoms with Crippen molar-refractivity contribution < 1.29 is 17.6 Å². The summed E-state index contributed by atoms with van der Waals surface area (Å²) in [6.07, 6.45) is -0.160. The van der Waals surface area contributed by atoms with Crippen molar-refractivity contribution in [2.45, 2.75) is 25.2 Å². The SMILES string of the molecule is Cc1cccc(NC(=O)CCS(=O)(=O)c2ccc(F)cc2)c1C. The van der Waals surface area contributed by atoms with Crippen LogP contribution < -0.4 is 5.32 Å². The van der Waals surface area contributed by atoms with Crippen LogP contribution in [0.2, 0.25) is 0 Å². The molecule has 0 unspecified atom stereocenters. The van der Waals surface area contributed by atoms with E-state index in [1.807, 2.05) is 26.0 Å². The Hall–Kier alpha value is -2.21. The molecule has 0 aliphatic carbocycles. The third-order valence-electron chi connectivity index (χ3n) is 3.65. The van der Waals surface area contributed by atoms with E-state index in [1.54, 1.807) is 6.07 Å². The van der Waals surface area contributed by atoms with E-state index in [0.717, 1.165) is 23.3 Å². The van der Waals surface area contributed by atoms with E-state index in [0.29, 0.717) is 5.69 Å². The molecule has 0 aliphatic rings. The van der Waals surface area contributed by atoms with Crippen LogP contribution in [0.1, 0.15) is 17.5 Å². The van der Waals surface area contributed by atoms with Crippen LogP contribution in [0.3, 0.4) is 0 Å². The van der Waals surface area contributed by atoms with E-state index in [1.165, 1.54) is 12.1 Å². The van der Waals surface area contributed by atoms with Crippen molar-refractivity contribution in [3.05, 3.63) is 59.4 Å². The number of aryl methyl sites for hydroxylation is 1. The van der Waals surface area contributed by atoms with E-state index in [9.17, 15) is 17.6 Å². The zero-order valence-electron chi connectivity index (χ0n) is 13.0. The third-order valence-corrected chi connectivity index (χ3v) is 5.38. The summed E-state index contributed by atoms with van der Waals surface area (Å²) < 4.78 is 37.1. The maximum atomic E-state index is 12.8. The Kier molecular flexibility index (Phi) is 5.15. The van der Waals surface area contributed by atoms with Gasteiger partial charge in [0.05, 0.1) is 10.6 Å². The maximum Gasteiger partial charge on any atom is 0.225 e. The fraction of sp³-hybridized carbons (Fsp3) is 0.235. The lowest BCUT2D eigenvalue weighted by Crippen LogP contribution is -2.18. The molecule has 0 fully saturated rings. The lowest BCUT2D eigenvalue weighted by molar-refractivity contribution is -0.115. The molecule has 0 heterocycles. The molecule has 0 radical (unpaired) electrons. The lowest BCUT2D eigenvalue weighted by atomic mass is 10.1. The van der Waals surface area contributed by atoms with Gasteiger partial charge in [-0.05, 0) is 55.3 Å². The van der Waals surface area contributed by atoms with Gasteiger partial charge in [0.2, 0.25) is 5.91 Å². The van der Waals surface area contributed by atoms with Crippen LogP contribution >= 0.6 is 0 Å². The molecule has 0 aliphatic heterocycles. The van der Waals surface area contributed by atoms with Gasteiger partial charge in [-0.25, -0.2) is 12.8 Å². The number of halogens is 1. The highest BCUT2D eigenvalue weighted by atomic mass is 32.2. The predicted molar refractivity (Wildman–Crippen MR) is 87.6 cm³/mol. The molecule has 1 amide bonds. The van der Waals surface area contributed by atoms with E-state index in [2.05, 4.69) is 5.32 Å². The van der Waals surface area contributed by atoms with Crippen LogP contribution in [0.25, 0.3) is 0 Å². The minimum Gasteiger partial charge on any atom is -0.326 e. The summed E-state index contributed by atoms with van der Waals surface area (Å²) in [4.78, 5) is 12.0. The van der Waals surface area contributed by atoms with Crippen molar-refractivity contribution in [1.29, 1.82) is 0 Å². The maximum absolute atomic E-state index is 12.8. The van der Waals surface area contributed by atoms with Gasteiger partial charge < -0.3 is 5.32 Å². The van der Waals surface area contributed by atoms with Gasteiger partial charge in [0.25, 0.3) is 0 Å². The number of hydrogen-bond acceptors (Lipinski definition) is 3. The topological polar surface area (TPSA) is 63.2 Å². The van der Waals surface area contributed by atoms with Gasteiger partial charge in [0, 0.05) is 12.1 Å². The normalized spacial score (nSPS) is 11.3. The summed E-state index contributed by atoms with van der Waals surface area (Å²) in [6.45, 7) is 3.82. The van der Waals surface area contributed by atoms with E-state index in [-0.39, 0.29) is 23.0 Å². The fourth-order valence-corrected chi connectivity index (χ4v) is 3.33. The van der Waals surface area contributed by atoms with E-state index in [4.69, 9.17) is 0 Å². The second-order valence-corrected chi connectivity index (χ2v) is 7.43. The van der Waals surface area contributed by atoms with Crippen LogP contribution in [-0.4, -0.2) is 20.1 Å². The molecule has 0 bridgehead atoms. The van der Waals surface area contributed by atoms with Crippen LogP contribution in [0.4, 0.5) is 10.1 Å². The van der Waals surface area contributed by atoms with Gasteiger partial charge in [-0.1, -0.05) is 12.1 Å². The molecule has 2 aromatic carbocycles. The first-order valence-corrected chi connectivity index (χ1v) is 8.79. The van der Waals surface area contributed by atoms with Crippen LogP contribution in [0, 0.1) is 19.7 Å². The molecule has 0 saturated carbocycles. The standard InChI is InChI=1S/C17H18FNO3S/c1-12-4-3-5-16(13(12)2)19-17(20)10-11-23(21,22)15-8-6-14(18)7-9-15/h3-9H,10-11H2,1-2H3,(H,19,20). The molecule has 1 N–H and O–H groups in total. The van der Waals surface area contributed by atoms with Crippen molar-refractivity contribution in [3.63, 3.8) is 0 Å². The number of anilines is 1. The van der Waals surface area contributed by atoms with Crippen molar-refractivity contribution in [2.75, 3.05) is 11.1 Å². The molecule has 0 aromatic heterocycles. The Morgan fingerprint density at radius 2 is 1.74 bits per heavy atom. The predicted octanol–water partition coefficient (Wildman–Crippen LogP) is 3.25. The number of sulfone groups is 1. The summed E-state index contributed by atoms with van der Waals surface area (Å²) >= 11 is 0. The number of nitrogens with one attached hydrogen (secondary N) is 1. The Balaban J connectivity index is 2.01. The fourth-order valence-electron chi connectivity index (χ4n) is 2.09. The molecule has 4 nitrogen and oxygen atoms in total. The molecule has 122 valence electrons. The van der Waals surface area contributed by atoms with Gasteiger partial charge in [-0.15, -0.1) is 0 Å². The molecule has 0 spiro atoms. The highest BCUT2D eigenvalue weighted by Crippen LogP contribution is 2.18. The third kappa shape index (κ3) is 4.39. The van der Waals surface area contributed by atoms with Gasteiger partial charge in [-0.3, -0.25) is 4.79 Å². The van der Waals surface area contributed by atoms with Crippen LogP contribution in [-0.2, 0) is 14.6 Å². The van der Waals surface area contributed by atoms with E-state index >= 15 is 0 Å². The smallest absolute Gasteiger partial charge is 0.225 e. The van der Waals surface area contributed by atoms with Crippen molar-refractivity contribution in [1.82, 2.24) is 0 Å². The summed E-state index contributed by atoms with van der Waals surface area (Å²) in [6, 6.07) is 10.1. The van der Waals surface area contributed by atoms with Gasteiger partial charge in [0.15, 0.2) is 9.84 Å². The number of amides is 1. The minimum atomic E-state index is -3.61. The lowest BCUT2D eigenvalue weighted by Gasteiger charge is -2.10. The second-order valence-electron chi connectivity index (χ2n) is 5.32. The Morgan fingerprint density at radius 1 is 1.09 bits per heavy atom. The molecule has 2 rings (SSSR count). The molecule has 2 aromatic rings. The van der Waals surface area contributed by atoms with Crippen LogP contribution in [0.15, 0.2) is 47.4 Å². The Labute approximate surface area is 135 Å². The first kappa shape index (κ1) is 17.1. The number of rotatable bonds is 5. The summed E-state index contributed by atoms with van der Waals surface area (Å²) in [7, 11) is -3.61. The molecule has 0 saturated heterocycles. The number of carbonyl (C=O) groups excluding carboxylic acids is 1. The van der Waals surface area contributed by atoms with E-state index < -0.39 is 15.7 Å². The average molecular weight is 335 g/mol. The quantitative estimate of drug-likeness (QED) is 0.853. The summed E-state index contributed by atoms with van der Waals surface area (Å²) in [5.41, 5.74) is 2.66. The first-order chi connectivity index (χ1) is 10.8. The molecule has 23 heavy (non-hydrogen) atoms. The Bertz CT molecular complexity index is 814. The average Bonchev–Trinajstić information content (AvgIpc) is 2.50. The monoisotopic (exact) mass is 335 g/mol. The Morgan fingerprint density at radius 3 is 2.39 bits per heavy atom. The minimum absolute atomic E-state index is 0.0124. The van der Waals surface area contributed by atoms with Crippen molar-refractivity contribution in [3.8, 4) is 0 Å². The largest absolute Gasteiger partial charge is 0.326 e. The number of hydrogen-bond donors (Lipinski definition) is 1. The highest BCUT2D eigenvalue weighted by molar-refractivity contribution is 7.91. The highest BCUT2D eigenvalue weighted by Gasteiger charge is 2.17. The van der Waals surface area contributed by atoms with Crippen molar-refractivity contribution in [2.24, 2.45) is 0 Å². The molecular weight excluding hydrogens is 317 g/mol. The molecule has 0 atom stereocenters. The van der Waals surface area contributed by atoms with Gasteiger partial charge in [-0.2, -0.15) is 0 Å². The molecule has 6 heteroatoms. The summed E-state index contributed by atoms with van der Waals surface area (Å²) in [5, 5.41) is 2.72. The van der Waals surface area contributed by atoms with Crippen LogP contribution in [0.5, 0.6) is 0 Å². The molecular formula is C17H18FNO3S. The summed E-state index contributed by atoms with van der Waals surface area (Å²) in [5.74, 6) is -1.20. The first-order valence-electron chi connectivity index (χ1n) is 7.14.